The van der Waals surface area contributed by atoms with Crippen molar-refractivity contribution in [3.63, 3.8) is 0 Å². The highest BCUT2D eigenvalue weighted by molar-refractivity contribution is 5.16. The highest BCUT2D eigenvalue weighted by Gasteiger charge is 2.23. The molecular formula is C12H18O. The smallest absolute Gasteiger partial charge is 0.0566 e. The summed E-state index contributed by atoms with van der Waals surface area (Å²) in [6.45, 7) is 6.03. The Morgan fingerprint density at radius 2 is 1.77 bits per heavy atom. The molecule has 0 heterocycles. The fourth-order valence-electron chi connectivity index (χ4n) is 1.27. The number of aliphatic hydroxyl groups excluding tert-OH is 1. The zero-order valence-electron chi connectivity index (χ0n) is 8.62. The van der Waals surface area contributed by atoms with E-state index in [2.05, 4.69) is 26.0 Å². The molecule has 0 saturated heterocycles. The van der Waals surface area contributed by atoms with Crippen molar-refractivity contribution in [2.24, 2.45) is 5.41 Å². The van der Waals surface area contributed by atoms with Crippen molar-refractivity contribution in [1.29, 1.82) is 0 Å². The zero-order chi connectivity index (χ0) is 9.90. The molecule has 0 aliphatic rings. The third-order valence-electron chi connectivity index (χ3n) is 2.63. The molecule has 0 fully saturated rings. The van der Waals surface area contributed by atoms with Gasteiger partial charge in [0.2, 0.25) is 0 Å². The van der Waals surface area contributed by atoms with E-state index in [1.54, 1.807) is 0 Å². The summed E-state index contributed by atoms with van der Waals surface area (Å²) in [5.74, 6) is 0. The van der Waals surface area contributed by atoms with Crippen LogP contribution in [0.25, 0.3) is 0 Å². The Bertz CT molecular complexity index is 249. The largest absolute Gasteiger partial charge is 0.393 e. The molecule has 0 bridgehead atoms. The van der Waals surface area contributed by atoms with Crippen LogP contribution >= 0.6 is 0 Å². The number of aliphatic hydroxyl groups is 1. The fraction of sp³-hybridized carbons (Fsp3) is 0.500. The molecule has 0 aliphatic heterocycles. The lowest BCUT2D eigenvalue weighted by molar-refractivity contribution is 0.0665. The van der Waals surface area contributed by atoms with Gasteiger partial charge in [0.25, 0.3) is 0 Å². The average molecular weight is 178 g/mol. The van der Waals surface area contributed by atoms with Crippen LogP contribution in [0.1, 0.15) is 26.3 Å². The quantitative estimate of drug-likeness (QED) is 0.754. The molecular weight excluding hydrogens is 160 g/mol. The predicted octanol–water partition coefficient (Wildman–Crippen LogP) is 2.64. The molecule has 0 aromatic heterocycles. The van der Waals surface area contributed by atoms with Gasteiger partial charge in [0, 0.05) is 0 Å². The van der Waals surface area contributed by atoms with E-state index in [0.717, 1.165) is 6.42 Å². The summed E-state index contributed by atoms with van der Waals surface area (Å²) in [6.07, 6.45) is 0.651. The Hall–Kier alpha value is -0.820. The maximum absolute atomic E-state index is 9.54. The van der Waals surface area contributed by atoms with E-state index >= 15 is 0 Å². The SMILES string of the molecule is CC(O)C(C)(C)Cc1ccccc1. The van der Waals surface area contributed by atoms with Crippen LogP contribution in [0.4, 0.5) is 0 Å². The Labute approximate surface area is 80.4 Å². The van der Waals surface area contributed by atoms with Gasteiger partial charge >= 0.3 is 0 Å². The third-order valence-corrected chi connectivity index (χ3v) is 2.63. The minimum absolute atomic E-state index is 0.0403. The van der Waals surface area contributed by atoms with Gasteiger partial charge in [0.05, 0.1) is 6.10 Å². The van der Waals surface area contributed by atoms with Crippen LogP contribution in [0.3, 0.4) is 0 Å². The van der Waals surface area contributed by atoms with Gasteiger partial charge in [-0.2, -0.15) is 0 Å². The summed E-state index contributed by atoms with van der Waals surface area (Å²) in [7, 11) is 0. The average Bonchev–Trinajstić information content (AvgIpc) is 2.05. The van der Waals surface area contributed by atoms with E-state index in [1.807, 2.05) is 25.1 Å². The minimum atomic E-state index is -0.271. The number of rotatable bonds is 3. The van der Waals surface area contributed by atoms with Gasteiger partial charge < -0.3 is 5.11 Å². The van der Waals surface area contributed by atoms with Crippen molar-refractivity contribution in [3.8, 4) is 0 Å². The maximum atomic E-state index is 9.54. The molecule has 0 spiro atoms. The summed E-state index contributed by atoms with van der Waals surface area (Å²) >= 11 is 0. The molecule has 0 saturated carbocycles. The van der Waals surface area contributed by atoms with Gasteiger partial charge in [-0.3, -0.25) is 0 Å². The van der Waals surface area contributed by atoms with E-state index in [-0.39, 0.29) is 11.5 Å². The molecule has 1 N–H and O–H groups in total. The summed E-state index contributed by atoms with van der Waals surface area (Å²) in [4.78, 5) is 0. The Kier molecular flexibility index (Phi) is 3.10. The fourth-order valence-corrected chi connectivity index (χ4v) is 1.27. The van der Waals surface area contributed by atoms with Crippen LogP contribution in [-0.4, -0.2) is 11.2 Å². The highest BCUT2D eigenvalue weighted by Crippen LogP contribution is 2.25. The molecule has 1 aromatic carbocycles. The molecule has 13 heavy (non-hydrogen) atoms. The van der Waals surface area contributed by atoms with Gasteiger partial charge in [0.15, 0.2) is 0 Å². The van der Waals surface area contributed by atoms with E-state index in [9.17, 15) is 5.11 Å². The first-order chi connectivity index (χ1) is 6.02. The monoisotopic (exact) mass is 178 g/mol. The molecule has 0 radical (unpaired) electrons. The summed E-state index contributed by atoms with van der Waals surface area (Å²) in [6, 6.07) is 10.3. The van der Waals surface area contributed by atoms with Crippen molar-refractivity contribution in [2.75, 3.05) is 0 Å². The lowest BCUT2D eigenvalue weighted by Gasteiger charge is -2.27. The lowest BCUT2D eigenvalue weighted by atomic mass is 9.81. The Morgan fingerprint density at radius 3 is 2.23 bits per heavy atom. The van der Waals surface area contributed by atoms with E-state index < -0.39 is 0 Å². The van der Waals surface area contributed by atoms with Crippen LogP contribution in [0.15, 0.2) is 30.3 Å². The van der Waals surface area contributed by atoms with Gasteiger partial charge in [-0.05, 0) is 24.3 Å². The second-order valence-electron chi connectivity index (χ2n) is 4.33. The molecule has 1 unspecified atom stereocenters. The predicted molar refractivity (Wildman–Crippen MR) is 55.6 cm³/mol. The molecule has 72 valence electrons. The van der Waals surface area contributed by atoms with Crippen molar-refractivity contribution in [3.05, 3.63) is 35.9 Å². The molecule has 0 amide bonds. The molecule has 1 rings (SSSR count). The van der Waals surface area contributed by atoms with E-state index in [0.29, 0.717) is 0 Å². The molecule has 1 aromatic rings. The van der Waals surface area contributed by atoms with E-state index in [1.165, 1.54) is 5.56 Å². The van der Waals surface area contributed by atoms with Crippen molar-refractivity contribution < 1.29 is 5.11 Å². The molecule has 1 heteroatoms. The van der Waals surface area contributed by atoms with Gasteiger partial charge in [-0.1, -0.05) is 44.2 Å². The van der Waals surface area contributed by atoms with Crippen LogP contribution in [0, 0.1) is 5.41 Å². The summed E-state index contributed by atoms with van der Waals surface area (Å²) in [5.41, 5.74) is 1.25. The topological polar surface area (TPSA) is 20.2 Å². The first-order valence-electron chi connectivity index (χ1n) is 4.74. The Morgan fingerprint density at radius 1 is 1.23 bits per heavy atom. The minimum Gasteiger partial charge on any atom is -0.393 e. The number of hydrogen-bond acceptors (Lipinski definition) is 1. The van der Waals surface area contributed by atoms with Crippen LogP contribution in [-0.2, 0) is 6.42 Å². The second kappa shape index (κ2) is 3.93. The maximum Gasteiger partial charge on any atom is 0.0566 e. The lowest BCUT2D eigenvalue weighted by Crippen LogP contribution is -2.28. The van der Waals surface area contributed by atoms with Crippen molar-refractivity contribution in [1.82, 2.24) is 0 Å². The van der Waals surface area contributed by atoms with Crippen molar-refractivity contribution >= 4 is 0 Å². The molecule has 1 atom stereocenters. The van der Waals surface area contributed by atoms with E-state index in [4.69, 9.17) is 0 Å². The van der Waals surface area contributed by atoms with Gasteiger partial charge in [-0.15, -0.1) is 0 Å². The standard InChI is InChI=1S/C12H18O/c1-10(13)12(2,3)9-11-7-5-4-6-8-11/h4-8,10,13H,9H2,1-3H3. The first-order valence-corrected chi connectivity index (χ1v) is 4.74. The second-order valence-corrected chi connectivity index (χ2v) is 4.33. The Balaban J connectivity index is 2.69. The van der Waals surface area contributed by atoms with Crippen LogP contribution < -0.4 is 0 Å². The number of benzene rings is 1. The van der Waals surface area contributed by atoms with Crippen LogP contribution in [0.5, 0.6) is 0 Å². The van der Waals surface area contributed by atoms with Crippen LogP contribution in [0.2, 0.25) is 0 Å². The highest BCUT2D eigenvalue weighted by atomic mass is 16.3. The summed E-state index contributed by atoms with van der Waals surface area (Å²) in [5, 5.41) is 9.54. The van der Waals surface area contributed by atoms with Gasteiger partial charge in [-0.25, -0.2) is 0 Å². The summed E-state index contributed by atoms with van der Waals surface area (Å²) < 4.78 is 0. The zero-order valence-corrected chi connectivity index (χ0v) is 8.62. The molecule has 0 aliphatic carbocycles. The normalized spacial score (nSPS) is 14.2. The third kappa shape index (κ3) is 2.85. The first kappa shape index (κ1) is 10.3. The molecule has 1 nitrogen and oxygen atoms in total. The number of hydrogen-bond donors (Lipinski definition) is 1. The van der Waals surface area contributed by atoms with Gasteiger partial charge in [0.1, 0.15) is 0 Å². The van der Waals surface area contributed by atoms with Crippen molar-refractivity contribution in [2.45, 2.75) is 33.3 Å².